The molecule has 3 rings (SSSR count). The zero-order chi connectivity index (χ0) is 13.9. The number of nitrogens with zero attached hydrogens (tertiary/aromatic N) is 2. The van der Waals surface area contributed by atoms with Gasteiger partial charge in [0.05, 0.1) is 24.6 Å². The van der Waals surface area contributed by atoms with Crippen LogP contribution in [0.2, 0.25) is 5.02 Å². The number of aryl methyl sites for hydroxylation is 1. The van der Waals surface area contributed by atoms with Gasteiger partial charge in [-0.3, -0.25) is 10.00 Å². The Morgan fingerprint density at radius 2 is 2.20 bits per heavy atom. The van der Waals surface area contributed by atoms with Crippen molar-refractivity contribution in [3.63, 3.8) is 0 Å². The monoisotopic (exact) mass is 291 g/mol. The minimum atomic E-state index is 0.115. The van der Waals surface area contributed by atoms with E-state index in [4.69, 9.17) is 16.3 Å². The smallest absolute Gasteiger partial charge is 0.0952 e. The van der Waals surface area contributed by atoms with Crippen molar-refractivity contribution in [3.8, 4) is 0 Å². The molecule has 0 amide bonds. The third-order valence-corrected chi connectivity index (χ3v) is 3.96. The van der Waals surface area contributed by atoms with Crippen molar-refractivity contribution in [1.82, 2.24) is 15.1 Å². The molecule has 1 aromatic heterocycles. The molecule has 1 unspecified atom stereocenters. The summed E-state index contributed by atoms with van der Waals surface area (Å²) in [5.41, 5.74) is 3.57. The Balaban J connectivity index is 1.67. The third kappa shape index (κ3) is 3.03. The van der Waals surface area contributed by atoms with Crippen LogP contribution in [0.4, 0.5) is 0 Å². The van der Waals surface area contributed by atoms with Crippen LogP contribution in [0.15, 0.2) is 30.5 Å². The van der Waals surface area contributed by atoms with Crippen molar-refractivity contribution in [1.29, 1.82) is 0 Å². The summed E-state index contributed by atoms with van der Waals surface area (Å²) in [6.45, 7) is 5.55. The molecule has 1 aliphatic heterocycles. The Kier molecular flexibility index (Phi) is 4.05. The molecule has 0 radical (unpaired) electrons. The van der Waals surface area contributed by atoms with Crippen LogP contribution in [-0.2, 0) is 11.3 Å². The van der Waals surface area contributed by atoms with Gasteiger partial charge in [0.2, 0.25) is 0 Å². The first-order valence-corrected chi connectivity index (χ1v) is 7.18. The van der Waals surface area contributed by atoms with Gasteiger partial charge >= 0.3 is 0 Å². The average Bonchev–Trinajstić information content (AvgIpc) is 2.85. The van der Waals surface area contributed by atoms with Crippen molar-refractivity contribution in [3.05, 3.63) is 52.3 Å². The second-order valence-electron chi connectivity index (χ2n) is 5.18. The summed E-state index contributed by atoms with van der Waals surface area (Å²) in [6, 6.07) is 7.91. The van der Waals surface area contributed by atoms with Crippen molar-refractivity contribution in [2.45, 2.75) is 19.6 Å². The van der Waals surface area contributed by atoms with Gasteiger partial charge in [0, 0.05) is 24.7 Å². The van der Waals surface area contributed by atoms with E-state index < -0.39 is 0 Å². The minimum Gasteiger partial charge on any atom is -0.371 e. The van der Waals surface area contributed by atoms with Gasteiger partial charge in [-0.15, -0.1) is 0 Å². The Labute approximate surface area is 123 Å². The van der Waals surface area contributed by atoms with Crippen LogP contribution >= 0.6 is 11.6 Å². The van der Waals surface area contributed by atoms with Gasteiger partial charge < -0.3 is 4.74 Å². The van der Waals surface area contributed by atoms with E-state index in [1.165, 1.54) is 16.8 Å². The molecule has 4 nitrogen and oxygen atoms in total. The topological polar surface area (TPSA) is 41.2 Å². The van der Waals surface area contributed by atoms with Crippen LogP contribution in [0.3, 0.4) is 0 Å². The van der Waals surface area contributed by atoms with E-state index in [-0.39, 0.29) is 6.10 Å². The van der Waals surface area contributed by atoms with E-state index in [2.05, 4.69) is 22.0 Å². The van der Waals surface area contributed by atoms with Gasteiger partial charge in [0.25, 0.3) is 0 Å². The quantitative estimate of drug-likeness (QED) is 0.945. The Morgan fingerprint density at radius 3 is 2.90 bits per heavy atom. The van der Waals surface area contributed by atoms with Crippen molar-refractivity contribution in [2.24, 2.45) is 0 Å². The second-order valence-corrected chi connectivity index (χ2v) is 5.61. The molecule has 5 heteroatoms. The number of aromatic amines is 1. The molecular formula is C15H18ClN3O. The predicted molar refractivity (Wildman–Crippen MR) is 78.7 cm³/mol. The molecule has 1 atom stereocenters. The Morgan fingerprint density at radius 1 is 1.40 bits per heavy atom. The summed E-state index contributed by atoms with van der Waals surface area (Å²) in [7, 11) is 0. The molecule has 0 bridgehead atoms. The van der Waals surface area contributed by atoms with Crippen LogP contribution in [0.1, 0.15) is 22.9 Å². The fourth-order valence-corrected chi connectivity index (χ4v) is 2.61. The summed E-state index contributed by atoms with van der Waals surface area (Å²) in [5, 5.41) is 7.90. The van der Waals surface area contributed by atoms with E-state index in [1.54, 1.807) is 0 Å². The molecule has 1 N–H and O–H groups in total. The lowest BCUT2D eigenvalue weighted by atomic mass is 10.1. The van der Waals surface area contributed by atoms with Gasteiger partial charge in [-0.05, 0) is 30.2 Å². The Bertz CT molecular complexity index is 567. The van der Waals surface area contributed by atoms with Gasteiger partial charge in [-0.1, -0.05) is 23.7 Å². The number of benzene rings is 1. The van der Waals surface area contributed by atoms with Gasteiger partial charge in [-0.25, -0.2) is 0 Å². The fraction of sp³-hybridized carbons (Fsp3) is 0.400. The maximum atomic E-state index is 5.93. The SMILES string of the molecule is Cc1cn[nH]c1CN1CCOC(c2ccc(Cl)cc2)C1. The number of rotatable bonds is 3. The van der Waals surface area contributed by atoms with Gasteiger partial charge in [0.1, 0.15) is 0 Å². The summed E-state index contributed by atoms with van der Waals surface area (Å²) in [6.07, 6.45) is 1.98. The number of aromatic nitrogens is 2. The van der Waals surface area contributed by atoms with Crippen molar-refractivity contribution in [2.75, 3.05) is 19.7 Å². The van der Waals surface area contributed by atoms with Crippen LogP contribution in [0.5, 0.6) is 0 Å². The maximum Gasteiger partial charge on any atom is 0.0952 e. The van der Waals surface area contributed by atoms with E-state index in [0.717, 1.165) is 31.3 Å². The molecule has 1 aliphatic rings. The van der Waals surface area contributed by atoms with E-state index in [9.17, 15) is 0 Å². The molecule has 0 spiro atoms. The molecule has 2 aromatic rings. The number of nitrogens with one attached hydrogen (secondary N) is 1. The highest BCUT2D eigenvalue weighted by Crippen LogP contribution is 2.24. The number of hydrogen-bond donors (Lipinski definition) is 1. The molecular weight excluding hydrogens is 274 g/mol. The average molecular weight is 292 g/mol. The second kappa shape index (κ2) is 5.95. The van der Waals surface area contributed by atoms with Crippen LogP contribution in [0.25, 0.3) is 0 Å². The molecule has 20 heavy (non-hydrogen) atoms. The number of morpholine rings is 1. The zero-order valence-corrected chi connectivity index (χ0v) is 12.2. The number of hydrogen-bond acceptors (Lipinski definition) is 3. The number of halogens is 1. The first-order chi connectivity index (χ1) is 9.72. The number of ether oxygens (including phenoxy) is 1. The lowest BCUT2D eigenvalue weighted by Gasteiger charge is -2.33. The summed E-state index contributed by atoms with van der Waals surface area (Å²) < 4.78 is 5.87. The van der Waals surface area contributed by atoms with E-state index >= 15 is 0 Å². The summed E-state index contributed by atoms with van der Waals surface area (Å²) >= 11 is 5.93. The largest absolute Gasteiger partial charge is 0.371 e. The number of H-pyrrole nitrogens is 1. The maximum absolute atomic E-state index is 5.93. The van der Waals surface area contributed by atoms with Crippen molar-refractivity contribution < 1.29 is 4.74 Å². The Hall–Kier alpha value is -1.36. The van der Waals surface area contributed by atoms with Crippen LogP contribution in [-0.4, -0.2) is 34.8 Å². The highest BCUT2D eigenvalue weighted by atomic mass is 35.5. The molecule has 0 aliphatic carbocycles. The first-order valence-electron chi connectivity index (χ1n) is 6.80. The highest BCUT2D eigenvalue weighted by molar-refractivity contribution is 6.30. The molecule has 1 fully saturated rings. The van der Waals surface area contributed by atoms with E-state index in [0.29, 0.717) is 0 Å². The predicted octanol–water partition coefficient (Wildman–Crippen LogP) is 2.95. The molecule has 0 saturated carbocycles. The van der Waals surface area contributed by atoms with Crippen molar-refractivity contribution >= 4 is 11.6 Å². The van der Waals surface area contributed by atoms with Gasteiger partial charge in [0.15, 0.2) is 0 Å². The lowest BCUT2D eigenvalue weighted by molar-refractivity contribution is -0.0333. The fourth-order valence-electron chi connectivity index (χ4n) is 2.48. The highest BCUT2D eigenvalue weighted by Gasteiger charge is 2.22. The third-order valence-electron chi connectivity index (χ3n) is 3.71. The van der Waals surface area contributed by atoms with Crippen LogP contribution < -0.4 is 0 Å². The lowest BCUT2D eigenvalue weighted by Crippen LogP contribution is -2.38. The summed E-state index contributed by atoms with van der Waals surface area (Å²) in [4.78, 5) is 2.39. The molecule has 2 heterocycles. The first kappa shape index (κ1) is 13.6. The van der Waals surface area contributed by atoms with E-state index in [1.807, 2.05) is 30.5 Å². The minimum absolute atomic E-state index is 0.115. The molecule has 1 saturated heterocycles. The summed E-state index contributed by atoms with van der Waals surface area (Å²) in [5.74, 6) is 0. The molecule has 1 aromatic carbocycles. The van der Waals surface area contributed by atoms with Gasteiger partial charge in [-0.2, -0.15) is 5.10 Å². The zero-order valence-electron chi connectivity index (χ0n) is 11.5. The van der Waals surface area contributed by atoms with Crippen LogP contribution in [0, 0.1) is 6.92 Å². The molecule has 106 valence electrons. The normalized spacial score (nSPS) is 20.2. The standard InChI is InChI=1S/C15H18ClN3O/c1-11-8-17-18-14(11)9-19-6-7-20-15(10-19)12-2-4-13(16)5-3-12/h2-5,8,15H,6-7,9-10H2,1H3,(H,17,18).